The van der Waals surface area contributed by atoms with Crippen molar-refractivity contribution in [2.45, 2.75) is 26.3 Å². The number of hydrogen-bond donors (Lipinski definition) is 1. The van der Waals surface area contributed by atoms with Crippen LogP contribution < -0.4 is 10.1 Å². The molecule has 1 amide bonds. The van der Waals surface area contributed by atoms with E-state index in [2.05, 4.69) is 28.8 Å². The van der Waals surface area contributed by atoms with E-state index in [9.17, 15) is 18.0 Å². The number of fused-ring (bicyclic) bond motifs is 1. The van der Waals surface area contributed by atoms with Crippen molar-refractivity contribution >= 4 is 5.91 Å². The lowest BCUT2D eigenvalue weighted by Gasteiger charge is -2.23. The molecule has 4 nitrogen and oxygen atoms in total. The molecule has 24 heavy (non-hydrogen) atoms. The predicted molar refractivity (Wildman–Crippen MR) is 82.6 cm³/mol. The molecular weight excluding hydrogens is 321 g/mol. The van der Waals surface area contributed by atoms with Gasteiger partial charge in [-0.1, -0.05) is 6.07 Å². The number of likely N-dealkylation sites (tertiary alicyclic amines) is 1. The van der Waals surface area contributed by atoms with E-state index < -0.39 is 6.36 Å². The van der Waals surface area contributed by atoms with E-state index in [4.69, 9.17) is 0 Å². The maximum Gasteiger partial charge on any atom is 0.573 e. The lowest BCUT2D eigenvalue weighted by Crippen LogP contribution is -2.34. The summed E-state index contributed by atoms with van der Waals surface area (Å²) in [4.78, 5) is 14.6. The molecule has 1 heterocycles. The smallest absolute Gasteiger partial charge is 0.406 e. The highest BCUT2D eigenvalue weighted by Crippen LogP contribution is 2.51. The zero-order valence-electron chi connectivity index (χ0n) is 13.6. The van der Waals surface area contributed by atoms with Gasteiger partial charge in [0.05, 0.1) is 0 Å². The van der Waals surface area contributed by atoms with Crippen molar-refractivity contribution in [3.8, 4) is 5.75 Å². The fourth-order valence-electron chi connectivity index (χ4n) is 3.55. The molecule has 1 saturated heterocycles. The standard InChI is InChI=1S/C17H21F3N2O2/c1-10(2)22-8-14-13(15(14)9-22)7-21-16(23)11-4-3-5-12(6-11)24-17(18,19)20/h3-6,10,13-15H,7-9H2,1-2H3,(H,21,23). The third-order valence-corrected chi connectivity index (χ3v) is 4.96. The quantitative estimate of drug-likeness (QED) is 0.895. The summed E-state index contributed by atoms with van der Waals surface area (Å²) in [6, 6.07) is 5.69. The molecule has 1 saturated carbocycles. The lowest BCUT2D eigenvalue weighted by molar-refractivity contribution is -0.274. The minimum atomic E-state index is -4.76. The topological polar surface area (TPSA) is 41.6 Å². The first-order valence-electron chi connectivity index (χ1n) is 8.12. The summed E-state index contributed by atoms with van der Waals surface area (Å²) in [5, 5.41) is 2.83. The lowest BCUT2D eigenvalue weighted by atomic mass is 10.2. The summed E-state index contributed by atoms with van der Waals surface area (Å²) in [5.74, 6) is 0.998. The molecule has 7 heteroatoms. The van der Waals surface area contributed by atoms with Crippen molar-refractivity contribution < 1.29 is 22.7 Å². The monoisotopic (exact) mass is 342 g/mol. The fourth-order valence-corrected chi connectivity index (χ4v) is 3.55. The van der Waals surface area contributed by atoms with Crippen LogP contribution in [0.4, 0.5) is 13.2 Å². The second-order valence-corrected chi connectivity index (χ2v) is 6.82. The number of amides is 1. The van der Waals surface area contributed by atoms with Crippen LogP contribution in [0.25, 0.3) is 0 Å². The summed E-state index contributed by atoms with van der Waals surface area (Å²) < 4.78 is 40.5. The van der Waals surface area contributed by atoms with Gasteiger partial charge in [0.2, 0.25) is 0 Å². The normalized spacial score (nSPS) is 26.3. The Morgan fingerprint density at radius 2 is 2.00 bits per heavy atom. The number of nitrogens with one attached hydrogen (secondary N) is 1. The van der Waals surface area contributed by atoms with Gasteiger partial charge >= 0.3 is 6.36 Å². The van der Waals surface area contributed by atoms with Crippen molar-refractivity contribution in [2.24, 2.45) is 17.8 Å². The molecule has 2 aliphatic rings. The van der Waals surface area contributed by atoms with Gasteiger partial charge in [-0.25, -0.2) is 0 Å². The SMILES string of the molecule is CC(C)N1CC2C(CNC(=O)c3cccc(OC(F)(F)F)c3)C2C1. The van der Waals surface area contributed by atoms with Crippen molar-refractivity contribution in [3.05, 3.63) is 29.8 Å². The van der Waals surface area contributed by atoms with Crippen LogP contribution in [-0.2, 0) is 0 Å². The summed E-state index contributed by atoms with van der Waals surface area (Å²) >= 11 is 0. The van der Waals surface area contributed by atoms with Crippen LogP contribution in [0.15, 0.2) is 24.3 Å². The molecule has 0 radical (unpaired) electrons. The molecule has 1 aromatic carbocycles. The van der Waals surface area contributed by atoms with E-state index in [0.29, 0.717) is 30.3 Å². The van der Waals surface area contributed by atoms with Gasteiger partial charge in [-0.2, -0.15) is 0 Å². The molecule has 2 unspecified atom stereocenters. The molecule has 2 atom stereocenters. The molecule has 1 aromatic rings. The van der Waals surface area contributed by atoms with Gasteiger partial charge < -0.3 is 15.0 Å². The van der Waals surface area contributed by atoms with Crippen molar-refractivity contribution in [3.63, 3.8) is 0 Å². The van der Waals surface area contributed by atoms with E-state index in [1.165, 1.54) is 18.2 Å². The Bertz CT molecular complexity index is 606. The number of carbonyl (C=O) groups excluding carboxylic acids is 1. The van der Waals surface area contributed by atoms with Gasteiger partial charge in [0, 0.05) is 31.2 Å². The summed E-state index contributed by atoms with van der Waals surface area (Å²) in [5.41, 5.74) is 0.173. The Labute approximate surface area is 139 Å². The maximum atomic E-state index is 12.2. The molecule has 1 aliphatic carbocycles. The molecule has 1 aliphatic heterocycles. The summed E-state index contributed by atoms with van der Waals surface area (Å²) in [7, 11) is 0. The van der Waals surface area contributed by atoms with Crippen LogP contribution in [0, 0.1) is 17.8 Å². The van der Waals surface area contributed by atoms with Gasteiger partial charge in [0.15, 0.2) is 0 Å². The van der Waals surface area contributed by atoms with Gasteiger partial charge in [-0.15, -0.1) is 13.2 Å². The summed E-state index contributed by atoms with van der Waals surface area (Å²) in [6.07, 6.45) is -4.76. The Hall–Kier alpha value is -1.76. The number of rotatable bonds is 5. The molecule has 132 valence electrons. The second kappa shape index (κ2) is 6.27. The van der Waals surface area contributed by atoms with Gasteiger partial charge in [0.1, 0.15) is 5.75 Å². The Morgan fingerprint density at radius 3 is 2.58 bits per heavy atom. The average molecular weight is 342 g/mol. The van der Waals surface area contributed by atoms with E-state index in [-0.39, 0.29) is 17.2 Å². The Kier molecular flexibility index (Phi) is 4.46. The third-order valence-electron chi connectivity index (χ3n) is 4.96. The average Bonchev–Trinajstić information content (AvgIpc) is 2.93. The molecule has 0 bridgehead atoms. The highest BCUT2D eigenvalue weighted by Gasteiger charge is 2.55. The molecule has 1 N–H and O–H groups in total. The molecule has 2 fully saturated rings. The molecule has 3 rings (SSSR count). The largest absolute Gasteiger partial charge is 0.573 e. The maximum absolute atomic E-state index is 12.2. The Balaban J connectivity index is 1.49. The first kappa shape index (κ1) is 17.1. The van der Waals surface area contributed by atoms with E-state index in [1.54, 1.807) is 0 Å². The predicted octanol–water partition coefficient (Wildman–Crippen LogP) is 2.90. The number of nitrogens with zero attached hydrogens (tertiary/aromatic N) is 1. The number of piperidine rings is 1. The van der Waals surface area contributed by atoms with Crippen molar-refractivity contribution in [2.75, 3.05) is 19.6 Å². The number of ether oxygens (including phenoxy) is 1. The first-order valence-corrected chi connectivity index (χ1v) is 8.12. The highest BCUT2D eigenvalue weighted by atomic mass is 19.4. The number of halogens is 3. The second-order valence-electron chi connectivity index (χ2n) is 6.82. The fraction of sp³-hybridized carbons (Fsp3) is 0.588. The van der Waals surface area contributed by atoms with E-state index in [0.717, 1.165) is 19.2 Å². The first-order chi connectivity index (χ1) is 11.2. The van der Waals surface area contributed by atoms with Crippen LogP contribution in [0.3, 0.4) is 0 Å². The third kappa shape index (κ3) is 3.83. The van der Waals surface area contributed by atoms with Crippen LogP contribution in [0.1, 0.15) is 24.2 Å². The Morgan fingerprint density at radius 1 is 1.33 bits per heavy atom. The van der Waals surface area contributed by atoms with E-state index >= 15 is 0 Å². The minimum absolute atomic E-state index is 0.173. The minimum Gasteiger partial charge on any atom is -0.406 e. The highest BCUT2D eigenvalue weighted by molar-refractivity contribution is 5.94. The molecular formula is C17H21F3N2O2. The van der Waals surface area contributed by atoms with Crippen molar-refractivity contribution in [1.82, 2.24) is 10.2 Å². The van der Waals surface area contributed by atoms with Crippen LogP contribution in [0.2, 0.25) is 0 Å². The van der Waals surface area contributed by atoms with Gasteiger partial charge in [0.25, 0.3) is 5.91 Å². The number of alkyl halides is 3. The zero-order chi connectivity index (χ0) is 17.5. The number of carbonyl (C=O) groups is 1. The van der Waals surface area contributed by atoms with Gasteiger partial charge in [-0.3, -0.25) is 4.79 Å². The van der Waals surface area contributed by atoms with Crippen LogP contribution >= 0.6 is 0 Å². The van der Waals surface area contributed by atoms with Crippen molar-refractivity contribution in [1.29, 1.82) is 0 Å². The van der Waals surface area contributed by atoms with Crippen LogP contribution in [0.5, 0.6) is 5.75 Å². The number of hydrogen-bond acceptors (Lipinski definition) is 3. The van der Waals surface area contributed by atoms with Gasteiger partial charge in [-0.05, 0) is 49.8 Å². The molecule has 0 aromatic heterocycles. The summed E-state index contributed by atoms with van der Waals surface area (Å²) in [6.45, 7) is 7.06. The number of benzene rings is 1. The van der Waals surface area contributed by atoms with Crippen LogP contribution in [-0.4, -0.2) is 42.8 Å². The zero-order valence-corrected chi connectivity index (χ0v) is 13.6. The van der Waals surface area contributed by atoms with E-state index in [1.807, 2.05) is 0 Å². The molecule has 0 spiro atoms.